The summed E-state index contributed by atoms with van der Waals surface area (Å²) in [5, 5.41) is 20.9. The van der Waals surface area contributed by atoms with Gasteiger partial charge in [-0.25, -0.2) is 4.79 Å². The summed E-state index contributed by atoms with van der Waals surface area (Å²) in [7, 11) is 0. The minimum Gasteiger partial charge on any atom is -0.478 e. The molecule has 0 saturated carbocycles. The lowest BCUT2D eigenvalue weighted by Crippen LogP contribution is -2.43. The normalized spacial score (nSPS) is 14.5. The molecule has 212 valence electrons. The number of ketones is 2. The van der Waals surface area contributed by atoms with Gasteiger partial charge in [0.2, 0.25) is 5.91 Å². The summed E-state index contributed by atoms with van der Waals surface area (Å²) in [6, 6.07) is 11.9. The van der Waals surface area contributed by atoms with Crippen LogP contribution in [0.2, 0.25) is 5.02 Å². The Labute approximate surface area is 245 Å². The molecule has 5 rings (SSSR count). The molecule has 1 atom stereocenters. The molecule has 0 saturated heterocycles. The number of aromatic nitrogens is 5. The molecule has 0 fully saturated rings. The van der Waals surface area contributed by atoms with E-state index >= 15 is 0 Å². The van der Waals surface area contributed by atoms with Crippen molar-refractivity contribution in [2.45, 2.75) is 32.2 Å². The Hall–Kier alpha value is -5.03. The topological polar surface area (TPSA) is 148 Å². The highest BCUT2D eigenvalue weighted by Crippen LogP contribution is 2.32. The van der Waals surface area contributed by atoms with Crippen LogP contribution in [0.15, 0.2) is 67.1 Å². The summed E-state index contributed by atoms with van der Waals surface area (Å²) in [6.07, 6.45) is 6.57. The predicted octanol–water partition coefficient (Wildman–Crippen LogP) is 3.49. The first-order valence-corrected chi connectivity index (χ1v) is 13.4. The summed E-state index contributed by atoms with van der Waals surface area (Å²) in [5.41, 5.74) is 3.82. The molecule has 1 aliphatic heterocycles. The van der Waals surface area contributed by atoms with Crippen molar-refractivity contribution in [3.05, 3.63) is 106 Å². The molecule has 0 aliphatic carbocycles. The van der Waals surface area contributed by atoms with Crippen molar-refractivity contribution in [1.82, 2.24) is 30.1 Å². The van der Waals surface area contributed by atoms with Gasteiger partial charge in [-0.1, -0.05) is 23.7 Å². The SMILES string of the molecule is CC(=O)Cc1cnc2c(c1)C(C(=O)Cc1ccc(C(=O)O)cc1)N(C(=O)/C=C/c1cc(Cl)ccc1-n1cnnn1)CC2. The van der Waals surface area contributed by atoms with E-state index in [0.717, 1.165) is 0 Å². The lowest BCUT2D eigenvalue weighted by Gasteiger charge is -2.35. The van der Waals surface area contributed by atoms with Crippen LogP contribution in [0.3, 0.4) is 0 Å². The number of aromatic carboxylic acids is 1. The summed E-state index contributed by atoms with van der Waals surface area (Å²) >= 11 is 6.22. The largest absolute Gasteiger partial charge is 0.478 e. The van der Waals surface area contributed by atoms with E-state index in [-0.39, 0.29) is 36.5 Å². The van der Waals surface area contributed by atoms with Gasteiger partial charge in [-0.3, -0.25) is 19.4 Å². The van der Waals surface area contributed by atoms with Crippen molar-refractivity contribution in [2.75, 3.05) is 6.54 Å². The van der Waals surface area contributed by atoms with E-state index in [1.165, 1.54) is 41.0 Å². The first kappa shape index (κ1) is 28.5. The second kappa shape index (κ2) is 12.2. The zero-order valence-electron chi connectivity index (χ0n) is 22.5. The highest BCUT2D eigenvalue weighted by atomic mass is 35.5. The number of pyridine rings is 1. The van der Waals surface area contributed by atoms with E-state index < -0.39 is 17.9 Å². The summed E-state index contributed by atoms with van der Waals surface area (Å²) in [6.45, 7) is 1.72. The van der Waals surface area contributed by atoms with Crippen molar-refractivity contribution >= 4 is 41.1 Å². The fourth-order valence-electron chi connectivity index (χ4n) is 4.95. The van der Waals surface area contributed by atoms with Gasteiger partial charge < -0.3 is 10.0 Å². The molecule has 1 unspecified atom stereocenters. The van der Waals surface area contributed by atoms with E-state index in [1.807, 2.05) is 0 Å². The number of benzene rings is 2. The fourth-order valence-corrected chi connectivity index (χ4v) is 5.13. The number of rotatable bonds is 9. The van der Waals surface area contributed by atoms with Gasteiger partial charge in [-0.05, 0) is 71.0 Å². The van der Waals surface area contributed by atoms with Crippen LogP contribution in [0.25, 0.3) is 11.8 Å². The lowest BCUT2D eigenvalue weighted by atomic mass is 9.89. The molecular weight excluding hydrogens is 560 g/mol. The molecular formula is C30H25ClN6O5. The molecule has 1 N–H and O–H groups in total. The smallest absolute Gasteiger partial charge is 0.335 e. The van der Waals surface area contributed by atoms with Gasteiger partial charge >= 0.3 is 5.97 Å². The van der Waals surface area contributed by atoms with Crippen molar-refractivity contribution in [3.8, 4) is 5.69 Å². The quantitative estimate of drug-likeness (QED) is 0.292. The average molecular weight is 585 g/mol. The molecule has 1 aliphatic rings. The number of carbonyl (C=O) groups is 4. The third-order valence-corrected chi connectivity index (χ3v) is 7.10. The molecule has 0 bridgehead atoms. The molecule has 11 nitrogen and oxygen atoms in total. The minimum atomic E-state index is -1.07. The van der Waals surface area contributed by atoms with E-state index in [1.54, 1.807) is 48.7 Å². The van der Waals surface area contributed by atoms with Crippen LogP contribution in [-0.2, 0) is 33.6 Å². The van der Waals surface area contributed by atoms with Crippen LogP contribution < -0.4 is 0 Å². The van der Waals surface area contributed by atoms with Crippen LogP contribution in [0, 0.1) is 0 Å². The maximum Gasteiger partial charge on any atom is 0.335 e. The maximum atomic E-state index is 13.9. The van der Waals surface area contributed by atoms with E-state index in [4.69, 9.17) is 11.6 Å². The Morgan fingerprint density at radius 2 is 1.83 bits per heavy atom. The van der Waals surface area contributed by atoms with Crippen LogP contribution in [-0.4, -0.2) is 65.2 Å². The van der Waals surface area contributed by atoms with Gasteiger partial charge in [-0.2, -0.15) is 4.68 Å². The molecule has 2 aromatic heterocycles. The summed E-state index contributed by atoms with van der Waals surface area (Å²) in [4.78, 5) is 56.6. The number of amides is 1. The Morgan fingerprint density at radius 3 is 2.52 bits per heavy atom. The Balaban J connectivity index is 1.48. The van der Waals surface area contributed by atoms with Gasteiger partial charge in [0.15, 0.2) is 5.78 Å². The number of hydrogen-bond donors (Lipinski definition) is 1. The Bertz CT molecular complexity index is 1700. The molecule has 0 spiro atoms. The first-order valence-electron chi connectivity index (χ1n) is 13.0. The highest BCUT2D eigenvalue weighted by molar-refractivity contribution is 6.30. The Kier molecular flexibility index (Phi) is 8.30. The van der Waals surface area contributed by atoms with Crippen LogP contribution in [0.4, 0.5) is 0 Å². The lowest BCUT2D eigenvalue weighted by molar-refractivity contribution is -0.136. The number of fused-ring (bicyclic) bond motifs is 1. The monoisotopic (exact) mass is 584 g/mol. The number of carbonyl (C=O) groups excluding carboxylic acids is 3. The van der Waals surface area contributed by atoms with Crippen LogP contribution in [0.5, 0.6) is 0 Å². The van der Waals surface area contributed by atoms with E-state index in [0.29, 0.717) is 45.1 Å². The van der Waals surface area contributed by atoms with Crippen molar-refractivity contribution in [3.63, 3.8) is 0 Å². The third-order valence-electron chi connectivity index (χ3n) is 6.87. The number of nitrogens with zero attached hydrogens (tertiary/aromatic N) is 6. The number of hydrogen-bond acceptors (Lipinski definition) is 8. The summed E-state index contributed by atoms with van der Waals surface area (Å²) in [5.74, 6) is -1.78. The van der Waals surface area contributed by atoms with Crippen LogP contribution in [0.1, 0.15) is 51.3 Å². The molecule has 42 heavy (non-hydrogen) atoms. The van der Waals surface area contributed by atoms with E-state index in [9.17, 15) is 24.3 Å². The minimum absolute atomic E-state index is 0.0355. The number of halogens is 1. The molecule has 3 heterocycles. The zero-order valence-corrected chi connectivity index (χ0v) is 23.2. The highest BCUT2D eigenvalue weighted by Gasteiger charge is 2.36. The second-order valence-electron chi connectivity index (χ2n) is 9.88. The van der Waals surface area contributed by atoms with Gasteiger partial charge in [0.25, 0.3) is 0 Å². The van der Waals surface area contributed by atoms with Gasteiger partial charge in [-0.15, -0.1) is 5.10 Å². The van der Waals surface area contributed by atoms with Gasteiger partial charge in [0, 0.05) is 59.9 Å². The average Bonchev–Trinajstić information content (AvgIpc) is 3.50. The number of carboxylic acids is 1. The maximum absolute atomic E-state index is 13.9. The molecule has 2 aromatic carbocycles. The predicted molar refractivity (Wildman–Crippen MR) is 152 cm³/mol. The number of Topliss-reactive ketones (excluding diaryl/α,β-unsaturated/α-hetero) is 2. The summed E-state index contributed by atoms with van der Waals surface area (Å²) < 4.78 is 1.45. The molecule has 0 radical (unpaired) electrons. The molecule has 12 heteroatoms. The zero-order chi connectivity index (χ0) is 29.8. The van der Waals surface area contributed by atoms with Gasteiger partial charge in [0.05, 0.1) is 11.3 Å². The Morgan fingerprint density at radius 1 is 1.05 bits per heavy atom. The molecule has 4 aromatic rings. The van der Waals surface area contributed by atoms with Crippen molar-refractivity contribution < 1.29 is 24.3 Å². The van der Waals surface area contributed by atoms with Gasteiger partial charge in [0.1, 0.15) is 18.2 Å². The standard InChI is InChI=1S/C30H25ClN6O5/c1-18(38)12-20-13-24-25(32-16-20)10-11-36(29(24)27(39)14-19-2-4-21(5-3-19)30(41)42)28(40)9-6-22-15-23(31)7-8-26(22)37-17-33-34-35-37/h2-9,13,15-17,29H,10-12,14H2,1H3,(H,41,42)/b9-6+. The first-order chi connectivity index (χ1) is 20.2. The van der Waals surface area contributed by atoms with Crippen molar-refractivity contribution in [2.24, 2.45) is 0 Å². The van der Waals surface area contributed by atoms with E-state index in [2.05, 4.69) is 20.5 Å². The third kappa shape index (κ3) is 6.31. The number of carboxylic acid groups (broad SMARTS) is 1. The molecule has 1 amide bonds. The van der Waals surface area contributed by atoms with Crippen LogP contribution >= 0.6 is 11.6 Å². The van der Waals surface area contributed by atoms with Crippen molar-refractivity contribution in [1.29, 1.82) is 0 Å². The fraction of sp³-hybridized carbons (Fsp3) is 0.200. The second-order valence-corrected chi connectivity index (χ2v) is 10.3. The number of tetrazole rings is 1.